The number of likely N-dealkylation sites (tertiary alicyclic amines) is 2. The average molecular weight is 564 g/mol. The van der Waals surface area contributed by atoms with Crippen molar-refractivity contribution in [2.75, 3.05) is 52.9 Å². The molecule has 3 rings (SSSR count). The largest absolute Gasteiger partial charge is 0.444 e. The summed E-state index contributed by atoms with van der Waals surface area (Å²) in [5.41, 5.74) is -0.447. The van der Waals surface area contributed by atoms with Crippen LogP contribution in [0.25, 0.3) is 0 Å². The van der Waals surface area contributed by atoms with Crippen LogP contribution in [0.3, 0.4) is 0 Å². The van der Waals surface area contributed by atoms with Crippen molar-refractivity contribution in [2.45, 2.75) is 77.9 Å². The van der Waals surface area contributed by atoms with E-state index in [-0.39, 0.29) is 36.1 Å². The van der Waals surface area contributed by atoms with Crippen molar-refractivity contribution >= 4 is 36.0 Å². The van der Waals surface area contributed by atoms with E-state index in [9.17, 15) is 4.79 Å². The Labute approximate surface area is 212 Å². The lowest BCUT2D eigenvalue weighted by Crippen LogP contribution is -2.53. The van der Waals surface area contributed by atoms with E-state index in [1.807, 2.05) is 32.7 Å². The molecule has 7 nitrogen and oxygen atoms in total. The number of nitrogens with zero attached hydrogens (tertiary/aromatic N) is 4. The second-order valence-corrected chi connectivity index (χ2v) is 10.8. The number of halogens is 1. The predicted molar refractivity (Wildman–Crippen MR) is 142 cm³/mol. The maximum atomic E-state index is 12.9. The number of carbonyl (C=O) groups excluding carboxylic acids is 1. The van der Waals surface area contributed by atoms with Crippen LogP contribution >= 0.6 is 24.0 Å². The normalized spacial score (nSPS) is 21.8. The van der Waals surface area contributed by atoms with Gasteiger partial charge in [-0.25, -0.2) is 4.79 Å². The zero-order chi connectivity index (χ0) is 22.4. The molecule has 186 valence electrons. The van der Waals surface area contributed by atoms with Gasteiger partial charge in [-0.15, -0.1) is 24.0 Å². The van der Waals surface area contributed by atoms with Gasteiger partial charge in [-0.1, -0.05) is 6.92 Å². The van der Waals surface area contributed by atoms with E-state index in [1.54, 1.807) is 0 Å². The topological polar surface area (TPSA) is 60.4 Å². The van der Waals surface area contributed by atoms with Gasteiger partial charge in [0.15, 0.2) is 5.96 Å². The number of ether oxygens (including phenoxy) is 1. The number of carbonyl (C=O) groups is 1. The lowest BCUT2D eigenvalue weighted by molar-refractivity contribution is 0.00927. The molecule has 0 bridgehead atoms. The molecular formula is C24H46IN5O2. The van der Waals surface area contributed by atoms with E-state index in [0.717, 1.165) is 51.5 Å². The van der Waals surface area contributed by atoms with Gasteiger partial charge in [-0.05, 0) is 84.2 Å². The van der Waals surface area contributed by atoms with Gasteiger partial charge in [0.2, 0.25) is 0 Å². The van der Waals surface area contributed by atoms with Crippen molar-refractivity contribution < 1.29 is 9.53 Å². The maximum Gasteiger partial charge on any atom is 0.410 e. The summed E-state index contributed by atoms with van der Waals surface area (Å²) in [5.74, 6) is 2.27. The summed E-state index contributed by atoms with van der Waals surface area (Å²) < 4.78 is 5.73. The van der Waals surface area contributed by atoms with Crippen LogP contribution < -0.4 is 5.32 Å². The molecule has 1 N–H and O–H groups in total. The summed E-state index contributed by atoms with van der Waals surface area (Å²) in [6.07, 6.45) is 6.96. The number of hydrogen-bond donors (Lipinski definition) is 1. The molecule has 2 heterocycles. The van der Waals surface area contributed by atoms with E-state index in [4.69, 9.17) is 4.74 Å². The summed E-state index contributed by atoms with van der Waals surface area (Å²) in [6.45, 7) is 15.5. The minimum Gasteiger partial charge on any atom is -0.444 e. The second-order valence-electron chi connectivity index (χ2n) is 10.8. The lowest BCUT2D eigenvalue weighted by atomic mass is 10.0. The Morgan fingerprint density at radius 2 is 1.75 bits per heavy atom. The second kappa shape index (κ2) is 12.6. The van der Waals surface area contributed by atoms with Crippen LogP contribution in [0, 0.1) is 11.8 Å². The van der Waals surface area contributed by atoms with Crippen molar-refractivity contribution in [3.63, 3.8) is 0 Å². The number of piperidine rings is 1. The molecule has 2 aliphatic heterocycles. The highest BCUT2D eigenvalue weighted by molar-refractivity contribution is 14.0. The molecule has 2 saturated heterocycles. The van der Waals surface area contributed by atoms with E-state index in [2.05, 4.69) is 27.0 Å². The Morgan fingerprint density at radius 1 is 1.12 bits per heavy atom. The van der Waals surface area contributed by atoms with E-state index in [0.29, 0.717) is 11.8 Å². The van der Waals surface area contributed by atoms with Gasteiger partial charge in [-0.3, -0.25) is 4.99 Å². The van der Waals surface area contributed by atoms with Gasteiger partial charge < -0.3 is 24.8 Å². The molecule has 3 aliphatic rings. The zero-order valence-electron chi connectivity index (χ0n) is 20.9. The molecule has 3 fully saturated rings. The molecule has 0 spiro atoms. The highest BCUT2D eigenvalue weighted by Crippen LogP contribution is 2.32. The Balaban J connectivity index is 0.00000363. The number of guanidine groups is 1. The predicted octanol–water partition coefficient (Wildman–Crippen LogP) is 4.02. The van der Waals surface area contributed by atoms with Crippen LogP contribution in [0.15, 0.2) is 4.99 Å². The fourth-order valence-corrected chi connectivity index (χ4v) is 4.73. The van der Waals surface area contributed by atoms with Crippen LogP contribution in [-0.4, -0.2) is 91.3 Å². The molecule has 1 atom stereocenters. The van der Waals surface area contributed by atoms with Crippen molar-refractivity contribution in [2.24, 2.45) is 16.8 Å². The molecule has 0 aromatic heterocycles. The standard InChI is InChI=1S/C24H45N5O2.HI/c1-19(17-27-12-6-7-13-27)16-26-22(25-5)28-14-10-21(11-15-28)29(18-20-8-9-20)23(30)31-24(2,3)4;/h19-21H,6-18H2,1-5H3,(H,25,26);1H. The third-order valence-electron chi connectivity index (χ3n) is 6.57. The highest BCUT2D eigenvalue weighted by atomic mass is 127. The summed E-state index contributed by atoms with van der Waals surface area (Å²) in [4.78, 5) is 24.4. The van der Waals surface area contributed by atoms with Crippen LogP contribution in [0.4, 0.5) is 4.79 Å². The van der Waals surface area contributed by atoms with Crippen LogP contribution in [0.1, 0.15) is 66.2 Å². The van der Waals surface area contributed by atoms with E-state index < -0.39 is 5.60 Å². The Kier molecular flexibility index (Phi) is 10.8. The molecular weight excluding hydrogens is 517 g/mol. The fourth-order valence-electron chi connectivity index (χ4n) is 4.73. The first-order valence-corrected chi connectivity index (χ1v) is 12.4. The number of hydrogen-bond acceptors (Lipinski definition) is 4. The van der Waals surface area contributed by atoms with Gasteiger partial charge >= 0.3 is 6.09 Å². The zero-order valence-corrected chi connectivity index (χ0v) is 23.3. The first-order chi connectivity index (χ1) is 14.7. The summed E-state index contributed by atoms with van der Waals surface area (Å²) in [5, 5.41) is 3.60. The minimum absolute atomic E-state index is 0. The monoisotopic (exact) mass is 563 g/mol. The molecule has 0 radical (unpaired) electrons. The smallest absolute Gasteiger partial charge is 0.410 e. The minimum atomic E-state index is -0.447. The first-order valence-electron chi connectivity index (χ1n) is 12.4. The first kappa shape index (κ1) is 27.5. The van der Waals surface area contributed by atoms with Crippen molar-refractivity contribution in [1.29, 1.82) is 0 Å². The number of nitrogens with one attached hydrogen (secondary N) is 1. The van der Waals surface area contributed by atoms with Crippen LogP contribution in [0.5, 0.6) is 0 Å². The Bertz CT molecular complexity index is 606. The highest BCUT2D eigenvalue weighted by Gasteiger charge is 2.35. The molecule has 32 heavy (non-hydrogen) atoms. The summed E-state index contributed by atoms with van der Waals surface area (Å²) >= 11 is 0. The Morgan fingerprint density at radius 3 is 2.28 bits per heavy atom. The van der Waals surface area contributed by atoms with E-state index in [1.165, 1.54) is 38.8 Å². The third kappa shape index (κ3) is 8.88. The van der Waals surface area contributed by atoms with Gasteiger partial charge in [0.05, 0.1) is 0 Å². The van der Waals surface area contributed by atoms with Gasteiger partial charge in [0, 0.05) is 45.8 Å². The quantitative estimate of drug-likeness (QED) is 0.288. The van der Waals surface area contributed by atoms with E-state index >= 15 is 0 Å². The molecule has 8 heteroatoms. The molecule has 1 aliphatic carbocycles. The van der Waals surface area contributed by atoms with Gasteiger partial charge in [0.1, 0.15) is 5.60 Å². The van der Waals surface area contributed by atoms with Gasteiger partial charge in [-0.2, -0.15) is 0 Å². The number of rotatable bonds is 7. The molecule has 1 amide bonds. The molecule has 1 saturated carbocycles. The lowest BCUT2D eigenvalue weighted by Gasteiger charge is -2.40. The maximum absolute atomic E-state index is 12.9. The summed E-state index contributed by atoms with van der Waals surface area (Å²) in [6, 6.07) is 0.263. The van der Waals surface area contributed by atoms with Crippen molar-refractivity contribution in [1.82, 2.24) is 20.0 Å². The SMILES string of the molecule is CN=C(NCC(C)CN1CCCC1)N1CCC(N(CC2CC2)C(=O)OC(C)(C)C)CC1.I. The third-order valence-corrected chi connectivity index (χ3v) is 6.57. The molecule has 0 aromatic rings. The number of amides is 1. The van der Waals surface area contributed by atoms with Crippen molar-refractivity contribution in [3.05, 3.63) is 0 Å². The number of aliphatic imine (C=N–C) groups is 1. The van der Waals surface area contributed by atoms with Crippen LogP contribution in [-0.2, 0) is 4.74 Å². The van der Waals surface area contributed by atoms with Crippen LogP contribution in [0.2, 0.25) is 0 Å². The Hall–Kier alpha value is -0.770. The average Bonchev–Trinajstić information content (AvgIpc) is 3.39. The molecule has 0 aromatic carbocycles. The molecule has 1 unspecified atom stereocenters. The van der Waals surface area contributed by atoms with Gasteiger partial charge in [0.25, 0.3) is 0 Å². The van der Waals surface area contributed by atoms with Crippen molar-refractivity contribution in [3.8, 4) is 0 Å². The summed E-state index contributed by atoms with van der Waals surface area (Å²) in [7, 11) is 1.87. The fraction of sp³-hybridized carbons (Fsp3) is 0.917.